The lowest BCUT2D eigenvalue weighted by molar-refractivity contribution is -0.137. The molecule has 2 aromatic rings. The Morgan fingerprint density at radius 3 is 2.44 bits per heavy atom. The maximum Gasteiger partial charge on any atom is 0.416 e. The van der Waals surface area contributed by atoms with Crippen LogP contribution < -0.4 is 9.46 Å². The number of nitrogens with zero attached hydrogens (tertiary/aromatic N) is 1. The van der Waals surface area contributed by atoms with Gasteiger partial charge in [0, 0.05) is 25.7 Å². The van der Waals surface area contributed by atoms with Gasteiger partial charge in [-0.15, -0.1) is 0 Å². The predicted octanol–water partition coefficient (Wildman–Crippen LogP) is 4.58. The molecular formula is C23H27F3N2O3S. The Bertz CT molecular complexity index is 1020. The number of ether oxygens (including phenoxy) is 1. The first-order chi connectivity index (χ1) is 15.2. The number of rotatable bonds is 7. The Morgan fingerprint density at radius 2 is 1.75 bits per heavy atom. The van der Waals surface area contributed by atoms with Crippen molar-refractivity contribution in [1.82, 2.24) is 9.62 Å². The highest BCUT2D eigenvalue weighted by molar-refractivity contribution is 7.89. The molecule has 2 aromatic carbocycles. The molecule has 1 unspecified atom stereocenters. The molecule has 1 aliphatic carbocycles. The third-order valence-corrected chi connectivity index (χ3v) is 7.52. The van der Waals surface area contributed by atoms with Crippen molar-refractivity contribution in [2.45, 2.75) is 61.9 Å². The first-order valence-electron chi connectivity index (χ1n) is 10.9. The van der Waals surface area contributed by atoms with Gasteiger partial charge in [0.15, 0.2) is 0 Å². The number of benzene rings is 2. The van der Waals surface area contributed by atoms with Crippen LogP contribution in [0.15, 0.2) is 53.4 Å². The lowest BCUT2D eigenvalue weighted by Crippen LogP contribution is -2.37. The average molecular weight is 469 g/mol. The number of sulfonamides is 1. The van der Waals surface area contributed by atoms with Crippen LogP contribution in [0.2, 0.25) is 0 Å². The van der Waals surface area contributed by atoms with E-state index in [9.17, 15) is 21.6 Å². The summed E-state index contributed by atoms with van der Waals surface area (Å²) in [6.07, 6.45) is 0.965. The third-order valence-electron chi connectivity index (χ3n) is 6.00. The van der Waals surface area contributed by atoms with Gasteiger partial charge >= 0.3 is 6.18 Å². The second-order valence-corrected chi connectivity index (χ2v) is 10.2. The van der Waals surface area contributed by atoms with Gasteiger partial charge < -0.3 is 4.74 Å². The molecule has 2 aliphatic rings. The van der Waals surface area contributed by atoms with Gasteiger partial charge in [-0.25, -0.2) is 13.1 Å². The summed E-state index contributed by atoms with van der Waals surface area (Å²) in [6.45, 7) is 1.88. The zero-order chi connectivity index (χ0) is 22.8. The summed E-state index contributed by atoms with van der Waals surface area (Å²) in [5, 5.41) is 0. The first kappa shape index (κ1) is 23.1. The van der Waals surface area contributed by atoms with Crippen LogP contribution in [0.3, 0.4) is 0 Å². The normalized spacial score (nSPS) is 20.7. The molecule has 1 N–H and O–H groups in total. The van der Waals surface area contributed by atoms with Gasteiger partial charge in [0.25, 0.3) is 0 Å². The molecule has 32 heavy (non-hydrogen) atoms. The average Bonchev–Trinajstić information content (AvgIpc) is 3.41. The molecule has 1 atom stereocenters. The Morgan fingerprint density at radius 1 is 1.03 bits per heavy atom. The van der Waals surface area contributed by atoms with Crippen LogP contribution in [-0.4, -0.2) is 38.6 Å². The minimum Gasteiger partial charge on any atom is -0.490 e. The number of halogens is 3. The molecule has 0 radical (unpaired) electrons. The van der Waals surface area contributed by atoms with Crippen LogP contribution in [0.1, 0.15) is 43.2 Å². The summed E-state index contributed by atoms with van der Waals surface area (Å²) in [5.74, 6) is 0.869. The minimum absolute atomic E-state index is 0.310. The van der Waals surface area contributed by atoms with Crippen molar-refractivity contribution in [3.63, 3.8) is 0 Å². The lowest BCUT2D eigenvalue weighted by Gasteiger charge is -2.18. The number of nitrogens with one attached hydrogen (secondary N) is 1. The standard InChI is InChI=1S/C23H27F3N2O3S/c24-23(25,26)18-4-3-7-22(14-18)32(29,30)27-19-12-13-28(16-19)15-17-8-10-21(11-9-17)31-20-5-1-2-6-20/h3-4,7-11,14,19-20,27H,1-2,5-6,12-13,15-16H2. The largest absolute Gasteiger partial charge is 0.490 e. The zero-order valence-corrected chi connectivity index (χ0v) is 18.5. The highest BCUT2D eigenvalue weighted by Gasteiger charge is 2.33. The van der Waals surface area contributed by atoms with Crippen LogP contribution >= 0.6 is 0 Å². The maximum atomic E-state index is 12.9. The molecule has 5 nitrogen and oxygen atoms in total. The van der Waals surface area contributed by atoms with Crippen LogP contribution in [0.5, 0.6) is 5.75 Å². The SMILES string of the molecule is O=S(=O)(NC1CCN(Cc2ccc(OC3CCCC3)cc2)C1)c1cccc(C(F)(F)F)c1. The van der Waals surface area contributed by atoms with Crippen molar-refractivity contribution >= 4 is 10.0 Å². The first-order valence-corrected chi connectivity index (χ1v) is 12.3. The van der Waals surface area contributed by atoms with Crippen LogP contribution in [0.4, 0.5) is 13.2 Å². The molecule has 1 aliphatic heterocycles. The Balaban J connectivity index is 1.31. The van der Waals surface area contributed by atoms with E-state index in [0.29, 0.717) is 38.2 Å². The number of hydrogen-bond acceptors (Lipinski definition) is 4. The molecule has 0 spiro atoms. The van der Waals surface area contributed by atoms with E-state index in [1.165, 1.54) is 18.9 Å². The lowest BCUT2D eigenvalue weighted by atomic mass is 10.2. The Kier molecular flexibility index (Phi) is 6.78. The van der Waals surface area contributed by atoms with Crippen molar-refractivity contribution in [2.75, 3.05) is 13.1 Å². The van der Waals surface area contributed by atoms with Crippen molar-refractivity contribution in [1.29, 1.82) is 0 Å². The van der Waals surface area contributed by atoms with E-state index < -0.39 is 21.8 Å². The van der Waals surface area contributed by atoms with E-state index in [1.807, 2.05) is 24.3 Å². The van der Waals surface area contributed by atoms with Crippen molar-refractivity contribution in [2.24, 2.45) is 0 Å². The van der Waals surface area contributed by atoms with Crippen LogP contribution in [0, 0.1) is 0 Å². The summed E-state index contributed by atoms with van der Waals surface area (Å²) in [6, 6.07) is 11.5. The second kappa shape index (κ2) is 9.41. The summed E-state index contributed by atoms with van der Waals surface area (Å²) in [5.41, 5.74) is 0.124. The van der Waals surface area contributed by atoms with Gasteiger partial charge in [-0.3, -0.25) is 4.90 Å². The topological polar surface area (TPSA) is 58.6 Å². The number of likely N-dealkylation sites (tertiary alicyclic amines) is 1. The quantitative estimate of drug-likeness (QED) is 0.646. The van der Waals surface area contributed by atoms with E-state index in [-0.39, 0.29) is 10.9 Å². The highest BCUT2D eigenvalue weighted by atomic mass is 32.2. The molecular weight excluding hydrogens is 441 g/mol. The molecule has 1 saturated carbocycles. The van der Waals surface area contributed by atoms with Crippen molar-refractivity contribution < 1.29 is 26.3 Å². The fourth-order valence-electron chi connectivity index (χ4n) is 4.33. The Hall–Kier alpha value is -2.10. The molecule has 9 heteroatoms. The summed E-state index contributed by atoms with van der Waals surface area (Å²) < 4.78 is 72.5. The number of alkyl halides is 3. The van der Waals surface area contributed by atoms with Crippen LogP contribution in [0.25, 0.3) is 0 Å². The fourth-order valence-corrected chi connectivity index (χ4v) is 5.64. The van der Waals surface area contributed by atoms with E-state index in [2.05, 4.69) is 9.62 Å². The smallest absolute Gasteiger partial charge is 0.416 e. The zero-order valence-electron chi connectivity index (χ0n) is 17.6. The molecule has 0 bridgehead atoms. The Labute approximate surface area is 186 Å². The van der Waals surface area contributed by atoms with Gasteiger partial charge in [0.2, 0.25) is 10.0 Å². The van der Waals surface area contributed by atoms with Gasteiger partial charge in [0.05, 0.1) is 16.6 Å². The molecule has 174 valence electrons. The van der Waals surface area contributed by atoms with Crippen molar-refractivity contribution in [3.05, 3.63) is 59.7 Å². The summed E-state index contributed by atoms with van der Waals surface area (Å²) in [7, 11) is -4.03. The molecule has 2 fully saturated rings. The monoisotopic (exact) mass is 468 g/mol. The number of hydrogen-bond donors (Lipinski definition) is 1. The summed E-state index contributed by atoms with van der Waals surface area (Å²) in [4.78, 5) is 1.76. The van der Waals surface area contributed by atoms with Gasteiger partial charge in [-0.05, 0) is 68.0 Å². The van der Waals surface area contributed by atoms with Gasteiger partial charge in [0.1, 0.15) is 5.75 Å². The second-order valence-electron chi connectivity index (χ2n) is 8.54. The predicted molar refractivity (Wildman–Crippen MR) is 115 cm³/mol. The van der Waals surface area contributed by atoms with E-state index in [4.69, 9.17) is 4.74 Å². The molecule has 0 aromatic heterocycles. The molecule has 0 amide bonds. The van der Waals surface area contributed by atoms with Gasteiger partial charge in [-0.1, -0.05) is 18.2 Å². The van der Waals surface area contributed by atoms with Crippen LogP contribution in [-0.2, 0) is 22.7 Å². The minimum atomic E-state index is -4.59. The van der Waals surface area contributed by atoms with E-state index in [1.54, 1.807) is 0 Å². The van der Waals surface area contributed by atoms with Gasteiger partial charge in [-0.2, -0.15) is 13.2 Å². The molecule has 4 rings (SSSR count). The maximum absolute atomic E-state index is 12.9. The van der Waals surface area contributed by atoms with E-state index >= 15 is 0 Å². The highest BCUT2D eigenvalue weighted by Crippen LogP contribution is 2.30. The fraction of sp³-hybridized carbons (Fsp3) is 0.478. The molecule has 1 saturated heterocycles. The van der Waals surface area contributed by atoms with E-state index in [0.717, 1.165) is 36.3 Å². The third kappa shape index (κ3) is 5.82. The summed E-state index contributed by atoms with van der Waals surface area (Å²) >= 11 is 0. The molecule has 1 heterocycles. The van der Waals surface area contributed by atoms with Crippen molar-refractivity contribution in [3.8, 4) is 5.75 Å².